The molecule has 0 fully saturated rings. The number of nitrogens with zero attached hydrogens (tertiary/aromatic N) is 1. The molecule has 2 amide bonds. The minimum absolute atomic E-state index is 0.0200. The van der Waals surface area contributed by atoms with Crippen LogP contribution in [0, 0.1) is 5.92 Å². The maximum atomic E-state index is 12.1. The normalized spacial score (nSPS) is 13.1. The zero-order valence-corrected chi connectivity index (χ0v) is 17.1. The number of benzene rings is 2. The summed E-state index contributed by atoms with van der Waals surface area (Å²) in [6.45, 7) is 2.01. The average Bonchev–Trinajstić information content (AvgIpc) is 3.05. The zero-order chi connectivity index (χ0) is 21.7. The number of alkyl carbamates (subject to hydrolysis) is 1. The number of hydrogen-bond acceptors (Lipinski definition) is 4. The number of fused-ring (bicyclic) bond motifs is 3. The topological polar surface area (TPSA) is 95.9 Å². The van der Waals surface area contributed by atoms with Crippen molar-refractivity contribution in [2.24, 2.45) is 5.92 Å². The monoisotopic (exact) mass is 410 g/mol. The molecular formula is C23H26N2O5. The van der Waals surface area contributed by atoms with Gasteiger partial charge in [0.25, 0.3) is 0 Å². The lowest BCUT2D eigenvalue weighted by molar-refractivity contribution is -0.142. The van der Waals surface area contributed by atoms with E-state index in [0.717, 1.165) is 22.3 Å². The molecule has 1 unspecified atom stereocenters. The summed E-state index contributed by atoms with van der Waals surface area (Å²) in [4.78, 5) is 36.4. The van der Waals surface area contributed by atoms with Crippen molar-refractivity contribution in [2.45, 2.75) is 19.3 Å². The van der Waals surface area contributed by atoms with Crippen LogP contribution in [0.1, 0.15) is 30.4 Å². The van der Waals surface area contributed by atoms with Crippen LogP contribution in [0.25, 0.3) is 11.1 Å². The molecule has 7 heteroatoms. The maximum Gasteiger partial charge on any atom is 0.407 e. The number of carbonyl (C=O) groups excluding carboxylic acids is 2. The molecule has 1 aliphatic carbocycles. The summed E-state index contributed by atoms with van der Waals surface area (Å²) >= 11 is 0. The Kier molecular flexibility index (Phi) is 6.72. The van der Waals surface area contributed by atoms with E-state index >= 15 is 0 Å². The van der Waals surface area contributed by atoms with Gasteiger partial charge in [0.1, 0.15) is 6.61 Å². The largest absolute Gasteiger partial charge is 0.481 e. The molecule has 0 bridgehead atoms. The number of amides is 2. The minimum Gasteiger partial charge on any atom is -0.481 e. The average molecular weight is 410 g/mol. The standard InChI is InChI=1S/C23H26N2O5/c1-15(22(27)28)13-25(2)21(26)11-12-24-23(29)30-14-20-18-9-5-3-7-16(18)17-8-4-6-10-19(17)20/h3-10,15,20H,11-14H2,1-2H3,(H,24,29)(H,27,28). The van der Waals surface area contributed by atoms with Gasteiger partial charge in [-0.25, -0.2) is 4.79 Å². The highest BCUT2D eigenvalue weighted by atomic mass is 16.5. The number of carboxylic acid groups (broad SMARTS) is 1. The van der Waals surface area contributed by atoms with Crippen molar-refractivity contribution in [2.75, 3.05) is 26.7 Å². The molecule has 0 saturated carbocycles. The lowest BCUT2D eigenvalue weighted by atomic mass is 9.98. The SMILES string of the molecule is CC(CN(C)C(=O)CCNC(=O)OCC1c2ccccc2-c2ccccc21)C(=O)O. The van der Waals surface area contributed by atoms with Gasteiger partial charge in [0.2, 0.25) is 5.91 Å². The first kappa shape index (κ1) is 21.4. The van der Waals surface area contributed by atoms with Crippen molar-refractivity contribution < 1.29 is 24.2 Å². The van der Waals surface area contributed by atoms with Gasteiger partial charge in [0, 0.05) is 32.5 Å². The molecule has 0 aliphatic heterocycles. The van der Waals surface area contributed by atoms with E-state index in [0.29, 0.717) is 0 Å². The lowest BCUT2D eigenvalue weighted by Crippen LogP contribution is -2.36. The predicted molar refractivity (Wildman–Crippen MR) is 112 cm³/mol. The third kappa shape index (κ3) is 4.79. The summed E-state index contributed by atoms with van der Waals surface area (Å²) in [5.41, 5.74) is 4.59. The van der Waals surface area contributed by atoms with Gasteiger partial charge >= 0.3 is 12.1 Å². The fourth-order valence-corrected chi connectivity index (χ4v) is 3.70. The Morgan fingerprint density at radius 3 is 2.20 bits per heavy atom. The number of carbonyl (C=O) groups is 3. The second-order valence-electron chi connectivity index (χ2n) is 7.52. The van der Waals surface area contributed by atoms with E-state index in [1.807, 2.05) is 36.4 Å². The van der Waals surface area contributed by atoms with Crippen molar-refractivity contribution >= 4 is 18.0 Å². The van der Waals surface area contributed by atoms with Crippen molar-refractivity contribution in [1.82, 2.24) is 10.2 Å². The van der Waals surface area contributed by atoms with Crippen LogP contribution in [0.15, 0.2) is 48.5 Å². The highest BCUT2D eigenvalue weighted by molar-refractivity contribution is 5.79. The molecule has 2 aromatic carbocycles. The van der Waals surface area contributed by atoms with Gasteiger partial charge in [-0.05, 0) is 22.3 Å². The molecule has 1 atom stereocenters. The second kappa shape index (κ2) is 9.43. The molecule has 0 radical (unpaired) electrons. The molecule has 0 aromatic heterocycles. The first-order valence-electron chi connectivity index (χ1n) is 9.94. The molecule has 0 heterocycles. The zero-order valence-electron chi connectivity index (χ0n) is 17.1. The Bertz CT molecular complexity index is 897. The number of carboxylic acids is 1. The number of aliphatic carboxylic acids is 1. The summed E-state index contributed by atoms with van der Waals surface area (Å²) in [6, 6.07) is 16.2. The number of rotatable bonds is 8. The van der Waals surface area contributed by atoms with Crippen LogP contribution in [0.5, 0.6) is 0 Å². The van der Waals surface area contributed by atoms with Crippen molar-refractivity contribution in [3.63, 3.8) is 0 Å². The first-order chi connectivity index (χ1) is 14.4. The number of hydrogen-bond donors (Lipinski definition) is 2. The quantitative estimate of drug-likeness (QED) is 0.697. The minimum atomic E-state index is -0.952. The van der Waals surface area contributed by atoms with E-state index in [1.54, 1.807) is 14.0 Å². The number of nitrogens with one attached hydrogen (secondary N) is 1. The van der Waals surface area contributed by atoms with Crippen molar-refractivity contribution in [1.29, 1.82) is 0 Å². The Balaban J connectivity index is 1.48. The summed E-state index contributed by atoms with van der Waals surface area (Å²) in [5, 5.41) is 11.5. The van der Waals surface area contributed by atoms with E-state index in [9.17, 15) is 14.4 Å². The smallest absolute Gasteiger partial charge is 0.407 e. The molecule has 30 heavy (non-hydrogen) atoms. The Morgan fingerprint density at radius 1 is 1.07 bits per heavy atom. The van der Waals surface area contributed by atoms with Gasteiger partial charge in [-0.1, -0.05) is 55.5 Å². The third-order valence-electron chi connectivity index (χ3n) is 5.35. The van der Waals surface area contributed by atoms with Gasteiger partial charge in [-0.2, -0.15) is 0 Å². The fourth-order valence-electron chi connectivity index (χ4n) is 3.70. The van der Waals surface area contributed by atoms with Gasteiger partial charge < -0.3 is 20.1 Å². The van der Waals surface area contributed by atoms with Crippen LogP contribution < -0.4 is 5.32 Å². The molecule has 7 nitrogen and oxygen atoms in total. The highest BCUT2D eigenvalue weighted by Crippen LogP contribution is 2.44. The molecule has 158 valence electrons. The third-order valence-corrected chi connectivity index (χ3v) is 5.35. The van der Waals surface area contributed by atoms with E-state index in [2.05, 4.69) is 17.4 Å². The van der Waals surface area contributed by atoms with Gasteiger partial charge in [0.15, 0.2) is 0 Å². The van der Waals surface area contributed by atoms with Crippen LogP contribution in [-0.2, 0) is 14.3 Å². The van der Waals surface area contributed by atoms with Crippen LogP contribution >= 0.6 is 0 Å². The molecule has 2 aromatic rings. The van der Waals surface area contributed by atoms with Gasteiger partial charge in [-0.3, -0.25) is 9.59 Å². The maximum absolute atomic E-state index is 12.1. The van der Waals surface area contributed by atoms with Crippen LogP contribution in [0.2, 0.25) is 0 Å². The fraction of sp³-hybridized carbons (Fsp3) is 0.348. The van der Waals surface area contributed by atoms with Crippen LogP contribution in [-0.4, -0.2) is 54.7 Å². The Labute approximate surface area is 175 Å². The summed E-state index contributed by atoms with van der Waals surface area (Å²) in [6.07, 6.45) is -0.501. The molecule has 3 rings (SSSR count). The molecule has 1 aliphatic rings. The molecule has 2 N–H and O–H groups in total. The summed E-state index contributed by atoms with van der Waals surface area (Å²) < 4.78 is 5.43. The first-order valence-corrected chi connectivity index (χ1v) is 9.94. The Morgan fingerprint density at radius 2 is 1.63 bits per heavy atom. The Hall–Kier alpha value is -3.35. The molecule has 0 saturated heterocycles. The van der Waals surface area contributed by atoms with Crippen molar-refractivity contribution in [3.8, 4) is 11.1 Å². The highest BCUT2D eigenvalue weighted by Gasteiger charge is 2.29. The summed E-state index contributed by atoms with van der Waals surface area (Å²) in [5.74, 6) is -1.85. The van der Waals surface area contributed by atoms with E-state index in [-0.39, 0.29) is 37.9 Å². The van der Waals surface area contributed by atoms with Crippen LogP contribution in [0.4, 0.5) is 4.79 Å². The molecule has 0 spiro atoms. The van der Waals surface area contributed by atoms with Gasteiger partial charge in [-0.15, -0.1) is 0 Å². The summed E-state index contributed by atoms with van der Waals surface area (Å²) in [7, 11) is 1.55. The van der Waals surface area contributed by atoms with E-state index < -0.39 is 18.0 Å². The van der Waals surface area contributed by atoms with E-state index in [4.69, 9.17) is 9.84 Å². The second-order valence-corrected chi connectivity index (χ2v) is 7.52. The van der Waals surface area contributed by atoms with Gasteiger partial charge in [0.05, 0.1) is 5.92 Å². The van der Waals surface area contributed by atoms with Crippen molar-refractivity contribution in [3.05, 3.63) is 59.7 Å². The molecular weight excluding hydrogens is 384 g/mol. The predicted octanol–water partition coefficient (Wildman–Crippen LogP) is 3.09. The van der Waals surface area contributed by atoms with Crippen LogP contribution in [0.3, 0.4) is 0 Å². The van der Waals surface area contributed by atoms with E-state index in [1.165, 1.54) is 4.90 Å². The number of ether oxygens (including phenoxy) is 1. The lowest BCUT2D eigenvalue weighted by Gasteiger charge is -2.19.